The van der Waals surface area contributed by atoms with Gasteiger partial charge < -0.3 is 15.8 Å². The van der Waals surface area contributed by atoms with Crippen molar-refractivity contribution < 1.29 is 9.53 Å². The maximum absolute atomic E-state index is 12.1. The molecule has 0 spiro atoms. The van der Waals surface area contributed by atoms with Crippen LogP contribution in [0.3, 0.4) is 0 Å². The zero-order valence-corrected chi connectivity index (χ0v) is 12.6. The van der Waals surface area contributed by atoms with Crippen LogP contribution >= 0.6 is 0 Å². The van der Waals surface area contributed by atoms with Crippen molar-refractivity contribution >= 4 is 5.91 Å². The van der Waals surface area contributed by atoms with Gasteiger partial charge in [-0.1, -0.05) is 30.3 Å². The van der Waals surface area contributed by atoms with Crippen molar-refractivity contribution in [3.8, 4) is 0 Å². The molecule has 116 valence electrons. The number of nitrogens with one attached hydrogen (secondary N) is 1. The van der Waals surface area contributed by atoms with Crippen LogP contribution in [0.1, 0.15) is 12.5 Å². The van der Waals surface area contributed by atoms with Crippen LogP contribution in [0.4, 0.5) is 0 Å². The molecule has 1 aromatic carbocycles. The van der Waals surface area contributed by atoms with E-state index in [4.69, 9.17) is 10.5 Å². The predicted molar refractivity (Wildman–Crippen MR) is 83.0 cm³/mol. The lowest BCUT2D eigenvalue weighted by Gasteiger charge is -2.29. The quantitative estimate of drug-likeness (QED) is 0.796. The summed E-state index contributed by atoms with van der Waals surface area (Å²) in [7, 11) is 0. The second kappa shape index (κ2) is 8.12. The van der Waals surface area contributed by atoms with Crippen LogP contribution < -0.4 is 11.1 Å². The van der Waals surface area contributed by atoms with Gasteiger partial charge in [0.05, 0.1) is 19.3 Å². The molecule has 1 aliphatic heterocycles. The number of rotatable bonds is 6. The van der Waals surface area contributed by atoms with E-state index in [1.54, 1.807) is 0 Å². The van der Waals surface area contributed by atoms with Crippen LogP contribution in [-0.4, -0.2) is 55.7 Å². The summed E-state index contributed by atoms with van der Waals surface area (Å²) in [5.41, 5.74) is 7.07. The first-order chi connectivity index (χ1) is 10.1. The number of hydrogen-bond donors (Lipinski definition) is 2. The van der Waals surface area contributed by atoms with E-state index in [1.165, 1.54) is 0 Å². The number of nitrogens with two attached hydrogens (primary N) is 1. The van der Waals surface area contributed by atoms with Gasteiger partial charge in [0.25, 0.3) is 0 Å². The van der Waals surface area contributed by atoms with Crippen molar-refractivity contribution in [2.45, 2.75) is 25.4 Å². The average molecular weight is 291 g/mol. The molecule has 0 saturated carbocycles. The molecule has 5 heteroatoms. The molecule has 3 N–H and O–H groups in total. The van der Waals surface area contributed by atoms with Crippen LogP contribution in [0.15, 0.2) is 30.3 Å². The van der Waals surface area contributed by atoms with E-state index >= 15 is 0 Å². The standard InChI is InChI=1S/C16H25N3O2/c1-13(12-19-7-9-21-10-8-19)18-16(20)15(17)11-14-5-3-2-4-6-14/h2-6,13,15H,7-12,17H2,1H3,(H,18,20)/t13?,15-/m1/s1. The van der Waals surface area contributed by atoms with E-state index in [0.29, 0.717) is 6.42 Å². The smallest absolute Gasteiger partial charge is 0.237 e. The van der Waals surface area contributed by atoms with E-state index < -0.39 is 6.04 Å². The van der Waals surface area contributed by atoms with Crippen LogP contribution in [-0.2, 0) is 16.0 Å². The van der Waals surface area contributed by atoms with Gasteiger partial charge in [0.2, 0.25) is 5.91 Å². The molecule has 2 rings (SSSR count). The molecule has 0 aliphatic carbocycles. The summed E-state index contributed by atoms with van der Waals surface area (Å²) in [6, 6.07) is 9.45. The Bertz CT molecular complexity index is 432. The third-order valence-corrected chi connectivity index (χ3v) is 3.66. The van der Waals surface area contributed by atoms with Crippen LogP contribution in [0, 0.1) is 0 Å². The molecule has 1 amide bonds. The minimum absolute atomic E-state index is 0.0837. The van der Waals surface area contributed by atoms with E-state index in [-0.39, 0.29) is 11.9 Å². The first-order valence-electron chi connectivity index (χ1n) is 7.55. The molecule has 1 unspecified atom stereocenters. The summed E-state index contributed by atoms with van der Waals surface area (Å²) in [6.45, 7) is 6.25. The summed E-state index contributed by atoms with van der Waals surface area (Å²) in [6.07, 6.45) is 0.566. The lowest BCUT2D eigenvalue weighted by Crippen LogP contribution is -2.50. The third kappa shape index (κ3) is 5.46. The molecule has 1 fully saturated rings. The summed E-state index contributed by atoms with van der Waals surface area (Å²) < 4.78 is 5.32. The number of hydrogen-bond acceptors (Lipinski definition) is 4. The largest absolute Gasteiger partial charge is 0.379 e. The van der Waals surface area contributed by atoms with Crippen LogP contribution in [0.2, 0.25) is 0 Å². The Morgan fingerprint density at radius 3 is 2.67 bits per heavy atom. The van der Waals surface area contributed by atoms with Crippen molar-refractivity contribution in [2.75, 3.05) is 32.8 Å². The van der Waals surface area contributed by atoms with Crippen LogP contribution in [0.5, 0.6) is 0 Å². The molecule has 1 saturated heterocycles. The minimum atomic E-state index is -0.500. The number of nitrogens with zero attached hydrogens (tertiary/aromatic N) is 1. The third-order valence-electron chi connectivity index (χ3n) is 3.66. The number of benzene rings is 1. The van der Waals surface area contributed by atoms with E-state index in [1.807, 2.05) is 37.3 Å². The van der Waals surface area contributed by atoms with Crippen molar-refractivity contribution in [3.05, 3.63) is 35.9 Å². The maximum Gasteiger partial charge on any atom is 0.237 e. The average Bonchev–Trinajstić information content (AvgIpc) is 2.49. The normalized spacial score (nSPS) is 19.0. The van der Waals surface area contributed by atoms with Crippen molar-refractivity contribution in [2.24, 2.45) is 5.73 Å². The Kier molecular flexibility index (Phi) is 6.17. The SMILES string of the molecule is CC(CN1CCOCC1)NC(=O)[C@H](N)Cc1ccccc1. The molecule has 1 aliphatic rings. The predicted octanol–water partition coefficient (Wildman–Crippen LogP) is 0.393. The highest BCUT2D eigenvalue weighted by atomic mass is 16.5. The van der Waals surface area contributed by atoms with Gasteiger partial charge >= 0.3 is 0 Å². The second-order valence-corrected chi connectivity index (χ2v) is 5.62. The van der Waals surface area contributed by atoms with Gasteiger partial charge in [0.15, 0.2) is 0 Å². The van der Waals surface area contributed by atoms with Gasteiger partial charge in [-0.2, -0.15) is 0 Å². The molecule has 0 aromatic heterocycles. The van der Waals surface area contributed by atoms with Gasteiger partial charge in [0.1, 0.15) is 0 Å². The van der Waals surface area contributed by atoms with Gasteiger partial charge in [0, 0.05) is 25.7 Å². The van der Waals surface area contributed by atoms with E-state index in [9.17, 15) is 4.79 Å². The van der Waals surface area contributed by atoms with E-state index in [2.05, 4.69) is 10.2 Å². The molecular weight excluding hydrogens is 266 g/mol. The highest BCUT2D eigenvalue weighted by molar-refractivity contribution is 5.82. The minimum Gasteiger partial charge on any atom is -0.379 e. The Morgan fingerprint density at radius 1 is 1.33 bits per heavy atom. The summed E-state index contributed by atoms with van der Waals surface area (Å²) >= 11 is 0. The molecule has 2 atom stereocenters. The van der Waals surface area contributed by atoms with E-state index in [0.717, 1.165) is 38.4 Å². The van der Waals surface area contributed by atoms with Gasteiger partial charge in [-0.3, -0.25) is 9.69 Å². The number of morpholine rings is 1. The zero-order valence-electron chi connectivity index (χ0n) is 12.6. The Morgan fingerprint density at radius 2 is 2.00 bits per heavy atom. The number of ether oxygens (including phenoxy) is 1. The molecule has 0 radical (unpaired) electrons. The molecule has 1 heterocycles. The fourth-order valence-electron chi connectivity index (χ4n) is 2.53. The number of carbonyl (C=O) groups is 1. The van der Waals surface area contributed by atoms with Gasteiger partial charge in [-0.25, -0.2) is 0 Å². The van der Waals surface area contributed by atoms with Crippen LogP contribution in [0.25, 0.3) is 0 Å². The Balaban J connectivity index is 1.74. The van der Waals surface area contributed by atoms with Gasteiger partial charge in [-0.15, -0.1) is 0 Å². The molecule has 0 bridgehead atoms. The first kappa shape index (κ1) is 15.9. The van der Waals surface area contributed by atoms with Crippen molar-refractivity contribution in [1.29, 1.82) is 0 Å². The number of carbonyl (C=O) groups excluding carboxylic acids is 1. The molecule has 21 heavy (non-hydrogen) atoms. The van der Waals surface area contributed by atoms with Gasteiger partial charge in [-0.05, 0) is 18.9 Å². The highest BCUT2D eigenvalue weighted by Gasteiger charge is 2.18. The summed E-state index contributed by atoms with van der Waals surface area (Å²) in [4.78, 5) is 14.4. The lowest BCUT2D eigenvalue weighted by atomic mass is 10.1. The van der Waals surface area contributed by atoms with Crippen molar-refractivity contribution in [1.82, 2.24) is 10.2 Å². The molecular formula is C16H25N3O2. The summed E-state index contributed by atoms with van der Waals surface area (Å²) in [5.74, 6) is -0.0837. The monoisotopic (exact) mass is 291 g/mol. The first-order valence-corrected chi connectivity index (χ1v) is 7.55. The lowest BCUT2D eigenvalue weighted by molar-refractivity contribution is -0.123. The zero-order chi connectivity index (χ0) is 15.1. The molecule has 5 nitrogen and oxygen atoms in total. The number of amides is 1. The topological polar surface area (TPSA) is 67.6 Å². The second-order valence-electron chi connectivity index (χ2n) is 5.62. The summed E-state index contributed by atoms with van der Waals surface area (Å²) in [5, 5.41) is 3.00. The Hall–Kier alpha value is -1.43. The fraction of sp³-hybridized carbons (Fsp3) is 0.562. The molecule has 1 aromatic rings. The highest BCUT2D eigenvalue weighted by Crippen LogP contribution is 2.03. The fourth-order valence-corrected chi connectivity index (χ4v) is 2.53. The Labute approximate surface area is 126 Å². The maximum atomic E-state index is 12.1. The van der Waals surface area contributed by atoms with Crippen molar-refractivity contribution in [3.63, 3.8) is 0 Å².